The van der Waals surface area contributed by atoms with Gasteiger partial charge in [0.2, 0.25) is 0 Å². The number of imidazole rings is 1. The van der Waals surface area contributed by atoms with E-state index in [0.717, 1.165) is 41.1 Å². The van der Waals surface area contributed by atoms with E-state index in [1.807, 2.05) is 48.7 Å². The van der Waals surface area contributed by atoms with E-state index in [-0.39, 0.29) is 11.9 Å². The molecule has 0 aliphatic heterocycles. The fourth-order valence-electron chi connectivity index (χ4n) is 3.49. The predicted octanol–water partition coefficient (Wildman–Crippen LogP) is 5.22. The molecular formula is C23H23N3OS. The summed E-state index contributed by atoms with van der Waals surface area (Å²) < 4.78 is 2.25. The van der Waals surface area contributed by atoms with Gasteiger partial charge in [0.05, 0.1) is 22.0 Å². The van der Waals surface area contributed by atoms with E-state index in [0.29, 0.717) is 0 Å². The molecule has 0 aliphatic rings. The summed E-state index contributed by atoms with van der Waals surface area (Å²) in [5.41, 5.74) is 3.42. The van der Waals surface area contributed by atoms with Crippen LogP contribution in [0.4, 0.5) is 0 Å². The van der Waals surface area contributed by atoms with Gasteiger partial charge < -0.3 is 9.88 Å². The van der Waals surface area contributed by atoms with Gasteiger partial charge in [-0.25, -0.2) is 4.98 Å². The topological polar surface area (TPSA) is 46.9 Å². The maximum Gasteiger partial charge on any atom is 0.261 e. The lowest BCUT2D eigenvalue weighted by Gasteiger charge is -2.16. The average Bonchev–Trinajstić information content (AvgIpc) is 3.37. The van der Waals surface area contributed by atoms with E-state index in [9.17, 15) is 4.79 Å². The van der Waals surface area contributed by atoms with Crippen LogP contribution < -0.4 is 5.32 Å². The normalized spacial score (nSPS) is 12.2. The highest BCUT2D eigenvalue weighted by Crippen LogP contribution is 2.22. The van der Waals surface area contributed by atoms with Gasteiger partial charge in [0, 0.05) is 6.54 Å². The summed E-state index contributed by atoms with van der Waals surface area (Å²) in [7, 11) is 0. The number of aromatic nitrogens is 2. The number of para-hydroxylation sites is 2. The molecule has 28 heavy (non-hydrogen) atoms. The van der Waals surface area contributed by atoms with Crippen molar-refractivity contribution in [2.24, 2.45) is 0 Å². The molecule has 5 heteroatoms. The SMILES string of the molecule is CC(NC(=O)c1cccs1)c1nc2ccccc2n1CCCc1ccccc1. The van der Waals surface area contributed by atoms with Gasteiger partial charge in [0.25, 0.3) is 5.91 Å². The number of hydrogen-bond donors (Lipinski definition) is 1. The molecule has 4 nitrogen and oxygen atoms in total. The van der Waals surface area contributed by atoms with E-state index in [2.05, 4.69) is 40.2 Å². The third kappa shape index (κ3) is 3.99. The van der Waals surface area contributed by atoms with Gasteiger partial charge in [-0.05, 0) is 48.9 Å². The van der Waals surface area contributed by atoms with Crippen molar-refractivity contribution in [1.82, 2.24) is 14.9 Å². The second kappa shape index (κ2) is 8.40. The number of benzene rings is 2. The Morgan fingerprint density at radius 1 is 1.07 bits per heavy atom. The predicted molar refractivity (Wildman–Crippen MR) is 115 cm³/mol. The molecule has 1 N–H and O–H groups in total. The number of aryl methyl sites for hydroxylation is 2. The zero-order chi connectivity index (χ0) is 19.3. The van der Waals surface area contributed by atoms with Gasteiger partial charge in [0.15, 0.2) is 0 Å². The lowest BCUT2D eigenvalue weighted by atomic mass is 10.1. The molecule has 1 atom stereocenters. The molecule has 2 aromatic heterocycles. The zero-order valence-electron chi connectivity index (χ0n) is 15.8. The van der Waals surface area contributed by atoms with Crippen LogP contribution in [0.3, 0.4) is 0 Å². The van der Waals surface area contributed by atoms with Gasteiger partial charge in [0.1, 0.15) is 5.82 Å². The first-order valence-electron chi connectivity index (χ1n) is 9.56. The van der Waals surface area contributed by atoms with Crippen LogP contribution in [0.1, 0.15) is 40.4 Å². The summed E-state index contributed by atoms with van der Waals surface area (Å²) in [4.78, 5) is 18.0. The Balaban J connectivity index is 1.55. The lowest BCUT2D eigenvalue weighted by Crippen LogP contribution is -2.28. The third-order valence-corrected chi connectivity index (χ3v) is 5.72. The number of nitrogens with zero attached hydrogens (tertiary/aromatic N) is 2. The Labute approximate surface area is 168 Å². The standard InChI is InChI=1S/C23H23N3OS/c1-17(24-23(27)21-14-8-16-28-21)22-25-19-12-5-6-13-20(19)26(22)15-7-11-18-9-3-2-4-10-18/h2-6,8-10,12-14,16-17H,7,11,15H2,1H3,(H,24,27). The molecule has 0 saturated carbocycles. The molecule has 0 fully saturated rings. The minimum atomic E-state index is -0.168. The first kappa shape index (κ1) is 18.4. The molecule has 2 heterocycles. The van der Waals surface area contributed by atoms with Crippen molar-refractivity contribution >= 4 is 28.3 Å². The van der Waals surface area contributed by atoms with Crippen LogP contribution in [0.15, 0.2) is 72.1 Å². The summed E-state index contributed by atoms with van der Waals surface area (Å²) >= 11 is 1.45. The monoisotopic (exact) mass is 389 g/mol. The molecular weight excluding hydrogens is 366 g/mol. The summed E-state index contributed by atoms with van der Waals surface area (Å²) in [6.45, 7) is 2.87. The molecule has 142 valence electrons. The largest absolute Gasteiger partial charge is 0.342 e. The Morgan fingerprint density at radius 2 is 1.86 bits per heavy atom. The smallest absolute Gasteiger partial charge is 0.261 e. The first-order valence-corrected chi connectivity index (χ1v) is 10.4. The number of carbonyl (C=O) groups is 1. The van der Waals surface area contributed by atoms with Crippen LogP contribution in [-0.4, -0.2) is 15.5 Å². The fraction of sp³-hybridized carbons (Fsp3) is 0.217. The summed E-state index contributed by atoms with van der Waals surface area (Å²) in [5.74, 6) is 0.851. The molecule has 0 saturated heterocycles. The second-order valence-corrected chi connectivity index (χ2v) is 7.82. The van der Waals surface area contributed by atoms with Crippen LogP contribution in [0.25, 0.3) is 11.0 Å². The van der Waals surface area contributed by atoms with Gasteiger partial charge in [-0.3, -0.25) is 4.79 Å². The molecule has 4 rings (SSSR count). The lowest BCUT2D eigenvalue weighted by molar-refractivity contribution is 0.0942. The third-order valence-electron chi connectivity index (χ3n) is 4.85. The Hall–Kier alpha value is -2.92. The minimum Gasteiger partial charge on any atom is -0.342 e. The van der Waals surface area contributed by atoms with Crippen molar-refractivity contribution in [1.29, 1.82) is 0 Å². The number of amides is 1. The van der Waals surface area contributed by atoms with E-state index < -0.39 is 0 Å². The highest BCUT2D eigenvalue weighted by atomic mass is 32.1. The Kier molecular flexibility index (Phi) is 5.53. The minimum absolute atomic E-state index is 0.0506. The number of nitrogens with one attached hydrogen (secondary N) is 1. The van der Waals surface area contributed by atoms with Crippen LogP contribution in [-0.2, 0) is 13.0 Å². The maximum absolute atomic E-state index is 12.5. The highest BCUT2D eigenvalue weighted by molar-refractivity contribution is 7.12. The van der Waals surface area contributed by atoms with Crippen molar-refractivity contribution in [2.75, 3.05) is 0 Å². The number of thiophene rings is 1. The molecule has 0 bridgehead atoms. The van der Waals surface area contributed by atoms with E-state index in [1.54, 1.807) is 0 Å². The quantitative estimate of drug-likeness (QED) is 0.471. The molecule has 0 aliphatic carbocycles. The number of rotatable bonds is 7. The molecule has 0 radical (unpaired) electrons. The van der Waals surface area contributed by atoms with Crippen LogP contribution in [0.5, 0.6) is 0 Å². The van der Waals surface area contributed by atoms with Crippen LogP contribution in [0.2, 0.25) is 0 Å². The summed E-state index contributed by atoms with van der Waals surface area (Å²) in [6, 6.07) is 22.3. The van der Waals surface area contributed by atoms with Crippen molar-refractivity contribution in [3.63, 3.8) is 0 Å². The average molecular weight is 390 g/mol. The molecule has 1 unspecified atom stereocenters. The van der Waals surface area contributed by atoms with E-state index in [1.165, 1.54) is 16.9 Å². The summed E-state index contributed by atoms with van der Waals surface area (Å²) in [6.07, 6.45) is 2.03. The van der Waals surface area contributed by atoms with Gasteiger partial charge in [-0.15, -0.1) is 11.3 Å². The number of hydrogen-bond acceptors (Lipinski definition) is 3. The molecule has 0 spiro atoms. The molecule has 4 aromatic rings. The summed E-state index contributed by atoms with van der Waals surface area (Å²) in [5, 5.41) is 5.01. The highest BCUT2D eigenvalue weighted by Gasteiger charge is 2.19. The molecule has 1 amide bonds. The first-order chi connectivity index (χ1) is 13.7. The zero-order valence-corrected chi connectivity index (χ0v) is 16.7. The van der Waals surface area contributed by atoms with Gasteiger partial charge >= 0.3 is 0 Å². The van der Waals surface area contributed by atoms with Crippen molar-refractivity contribution in [3.05, 3.63) is 88.4 Å². The van der Waals surface area contributed by atoms with Crippen LogP contribution in [0, 0.1) is 0 Å². The number of carbonyl (C=O) groups excluding carboxylic acids is 1. The van der Waals surface area contributed by atoms with Gasteiger partial charge in [-0.2, -0.15) is 0 Å². The van der Waals surface area contributed by atoms with E-state index in [4.69, 9.17) is 4.98 Å². The van der Waals surface area contributed by atoms with Crippen molar-refractivity contribution in [2.45, 2.75) is 32.4 Å². The fourth-order valence-corrected chi connectivity index (χ4v) is 4.11. The maximum atomic E-state index is 12.5. The van der Waals surface area contributed by atoms with Gasteiger partial charge in [-0.1, -0.05) is 48.5 Å². The Bertz CT molecular complexity index is 1050. The van der Waals surface area contributed by atoms with Crippen LogP contribution >= 0.6 is 11.3 Å². The van der Waals surface area contributed by atoms with Crippen molar-refractivity contribution < 1.29 is 4.79 Å². The Morgan fingerprint density at radius 3 is 2.64 bits per heavy atom. The van der Waals surface area contributed by atoms with Crippen molar-refractivity contribution in [3.8, 4) is 0 Å². The number of fused-ring (bicyclic) bond motifs is 1. The molecule has 2 aromatic carbocycles. The van der Waals surface area contributed by atoms with E-state index >= 15 is 0 Å². The second-order valence-electron chi connectivity index (χ2n) is 6.87.